The topological polar surface area (TPSA) is 83.0 Å². The zero-order valence-corrected chi connectivity index (χ0v) is 31.3. The number of ether oxygens (including phenoxy) is 1. The predicted octanol–water partition coefficient (Wildman–Crippen LogP) is 5.78. The van der Waals surface area contributed by atoms with Crippen LogP contribution in [0.15, 0.2) is 84.9 Å². The van der Waals surface area contributed by atoms with Crippen LogP contribution in [0.1, 0.15) is 44.7 Å². The maximum Gasteiger partial charge on any atom is 0.258 e. The Balaban J connectivity index is 0.000000164. The number of amides is 2. The van der Waals surface area contributed by atoms with E-state index in [2.05, 4.69) is 70.1 Å². The summed E-state index contributed by atoms with van der Waals surface area (Å²) in [6.07, 6.45) is 3.96. The van der Waals surface area contributed by atoms with Crippen LogP contribution in [0.5, 0.6) is 11.5 Å². The molecule has 0 saturated carbocycles. The van der Waals surface area contributed by atoms with E-state index in [0.717, 1.165) is 99.0 Å². The minimum absolute atomic E-state index is 0.00963. The van der Waals surface area contributed by atoms with Gasteiger partial charge in [0.15, 0.2) is 0 Å². The van der Waals surface area contributed by atoms with Crippen molar-refractivity contribution in [3.63, 3.8) is 0 Å². The largest absolute Gasteiger partial charge is 0.508 e. The molecule has 1 N–H and O–H groups in total. The first-order valence-electron chi connectivity index (χ1n) is 19.0. The smallest absolute Gasteiger partial charge is 0.258 e. The summed E-state index contributed by atoms with van der Waals surface area (Å²) < 4.78 is 5.28. The molecule has 10 nitrogen and oxygen atoms in total. The van der Waals surface area contributed by atoms with Gasteiger partial charge in [-0.1, -0.05) is 0 Å². The van der Waals surface area contributed by atoms with Crippen molar-refractivity contribution in [3.05, 3.63) is 107 Å². The summed E-state index contributed by atoms with van der Waals surface area (Å²) in [5.41, 5.74) is 7.83. The molecule has 2 saturated heterocycles. The van der Waals surface area contributed by atoms with Gasteiger partial charge in [0.1, 0.15) is 11.5 Å². The zero-order valence-electron chi connectivity index (χ0n) is 31.3. The van der Waals surface area contributed by atoms with Crippen LogP contribution in [0.4, 0.5) is 22.7 Å². The third-order valence-corrected chi connectivity index (χ3v) is 11.1. The maximum atomic E-state index is 13.0. The standard InChI is InChI=1S/C22H27N3O2.C21H25N3O2/c1-23-11-3-12-24(15-14-23)18-4-6-19(7-5-18)25-13-10-17-16-20(27-2)8-9-21(17)22(25)26;1-22-10-2-11-23(14-13-22)17-3-5-18(6-4-17)24-12-9-16-15-19(25)7-8-20(16)21(24)26/h4-9,16H,3,10-15H2,1-2H3;3-8,15,25H,2,9-14H2,1H3. The average Bonchev–Trinajstić information content (AvgIpc) is 3.54. The number of fused-ring (bicyclic) bond motifs is 2. The fourth-order valence-electron chi connectivity index (χ4n) is 7.86. The molecule has 4 aromatic carbocycles. The van der Waals surface area contributed by atoms with Crippen molar-refractivity contribution < 1.29 is 19.4 Å². The van der Waals surface area contributed by atoms with E-state index in [0.29, 0.717) is 18.7 Å². The Morgan fingerprint density at radius 1 is 0.509 bits per heavy atom. The number of carbonyl (C=O) groups excluding carboxylic acids is 2. The Morgan fingerprint density at radius 2 is 0.962 bits per heavy atom. The molecule has 2 fully saturated rings. The second-order valence-electron chi connectivity index (χ2n) is 14.6. The lowest BCUT2D eigenvalue weighted by atomic mass is 9.98. The molecule has 2 amide bonds. The molecule has 0 unspecified atom stereocenters. The van der Waals surface area contributed by atoms with Crippen LogP contribution in [0.2, 0.25) is 0 Å². The van der Waals surface area contributed by atoms with Gasteiger partial charge in [-0.15, -0.1) is 0 Å². The lowest BCUT2D eigenvalue weighted by molar-refractivity contribution is 0.0972. The molecule has 53 heavy (non-hydrogen) atoms. The zero-order chi connectivity index (χ0) is 36.9. The quantitative estimate of drug-likeness (QED) is 0.279. The number of benzene rings is 4. The van der Waals surface area contributed by atoms with Gasteiger partial charge < -0.3 is 39.2 Å². The monoisotopic (exact) mass is 716 g/mol. The van der Waals surface area contributed by atoms with Gasteiger partial charge in [-0.2, -0.15) is 0 Å². The van der Waals surface area contributed by atoms with Gasteiger partial charge >= 0.3 is 0 Å². The Labute approximate surface area is 313 Å². The van der Waals surface area contributed by atoms with Crippen molar-refractivity contribution in [1.82, 2.24) is 9.80 Å². The van der Waals surface area contributed by atoms with Crippen LogP contribution < -0.4 is 24.3 Å². The van der Waals surface area contributed by atoms with E-state index in [-0.39, 0.29) is 17.6 Å². The summed E-state index contributed by atoms with van der Waals surface area (Å²) in [5, 5.41) is 9.62. The third kappa shape index (κ3) is 8.29. The number of hydrogen-bond acceptors (Lipinski definition) is 8. The van der Waals surface area contributed by atoms with Gasteiger partial charge in [0.25, 0.3) is 11.8 Å². The minimum Gasteiger partial charge on any atom is -0.508 e. The fraction of sp³-hybridized carbons (Fsp3) is 0.395. The van der Waals surface area contributed by atoms with Crippen molar-refractivity contribution in [1.29, 1.82) is 0 Å². The Bertz CT molecular complexity index is 1900. The first kappa shape index (κ1) is 36.3. The van der Waals surface area contributed by atoms with Gasteiger partial charge in [0.2, 0.25) is 0 Å². The van der Waals surface area contributed by atoms with Crippen molar-refractivity contribution >= 4 is 34.6 Å². The second-order valence-corrected chi connectivity index (χ2v) is 14.6. The number of phenolic OH excluding ortho intramolecular Hbond substituents is 1. The number of nitrogens with zero attached hydrogens (tertiary/aromatic N) is 6. The Hall–Kier alpha value is -5.06. The van der Waals surface area contributed by atoms with Crippen LogP contribution in [-0.2, 0) is 12.8 Å². The molecule has 0 atom stereocenters. The fourth-order valence-corrected chi connectivity index (χ4v) is 7.86. The maximum absolute atomic E-state index is 13.0. The highest BCUT2D eigenvalue weighted by atomic mass is 16.5. The summed E-state index contributed by atoms with van der Waals surface area (Å²) in [5.74, 6) is 1.11. The minimum atomic E-state index is 0.00963. The molecule has 0 bridgehead atoms. The molecule has 0 radical (unpaired) electrons. The summed E-state index contributed by atoms with van der Waals surface area (Å²) in [6.45, 7) is 10.1. The first-order valence-corrected chi connectivity index (χ1v) is 19.0. The van der Waals surface area contributed by atoms with Gasteiger partial charge in [0.05, 0.1) is 7.11 Å². The summed E-state index contributed by atoms with van der Waals surface area (Å²) in [7, 11) is 6.01. The molecule has 4 heterocycles. The Kier molecular flexibility index (Phi) is 11.2. The third-order valence-electron chi connectivity index (χ3n) is 11.1. The van der Waals surface area contributed by atoms with Crippen LogP contribution in [0.3, 0.4) is 0 Å². The van der Waals surface area contributed by atoms with Crippen molar-refractivity contribution in [2.24, 2.45) is 0 Å². The number of methoxy groups -OCH3 is 1. The van der Waals surface area contributed by atoms with Crippen LogP contribution in [0, 0.1) is 0 Å². The molecule has 0 aliphatic carbocycles. The molecule has 0 aromatic heterocycles. The first-order chi connectivity index (χ1) is 25.8. The predicted molar refractivity (Wildman–Crippen MR) is 213 cm³/mol. The van der Waals surface area contributed by atoms with Gasteiger partial charge in [-0.25, -0.2) is 0 Å². The molecular formula is C43H52N6O4. The molecule has 8 rings (SSSR count). The van der Waals surface area contributed by atoms with E-state index in [1.807, 2.05) is 40.1 Å². The lowest BCUT2D eigenvalue weighted by Crippen LogP contribution is -2.37. The van der Waals surface area contributed by atoms with Crippen molar-refractivity contribution in [2.45, 2.75) is 25.7 Å². The molecule has 4 aliphatic heterocycles. The number of hydrogen-bond donors (Lipinski definition) is 1. The number of carbonyl (C=O) groups is 2. The second kappa shape index (κ2) is 16.3. The number of anilines is 4. The van der Waals surface area contributed by atoms with E-state index in [4.69, 9.17) is 4.74 Å². The molecule has 4 aliphatic rings. The lowest BCUT2D eigenvalue weighted by Gasteiger charge is -2.29. The van der Waals surface area contributed by atoms with Gasteiger partial charge in [0, 0.05) is 86.2 Å². The van der Waals surface area contributed by atoms with Gasteiger partial charge in [-0.3, -0.25) is 9.59 Å². The SMILES string of the molecule is CN1CCCN(c2ccc(N3CCc4cc(O)ccc4C3=O)cc2)CC1.COc1ccc2c(c1)CCN(c1ccc(N3CCCN(C)CC3)cc1)C2=O. The van der Waals surface area contributed by atoms with Gasteiger partial charge in [-0.05, 0) is 149 Å². The number of likely N-dealkylation sites (N-methyl/N-ethyl adjacent to an activating group) is 2. The number of rotatable bonds is 5. The van der Waals surface area contributed by atoms with E-state index < -0.39 is 0 Å². The van der Waals surface area contributed by atoms with Crippen LogP contribution >= 0.6 is 0 Å². The highest BCUT2D eigenvalue weighted by molar-refractivity contribution is 6.09. The summed E-state index contributed by atoms with van der Waals surface area (Å²) >= 11 is 0. The molecule has 0 spiro atoms. The van der Waals surface area contributed by atoms with Crippen LogP contribution in [0.25, 0.3) is 0 Å². The highest BCUT2D eigenvalue weighted by Crippen LogP contribution is 2.30. The highest BCUT2D eigenvalue weighted by Gasteiger charge is 2.27. The molecule has 278 valence electrons. The van der Waals surface area contributed by atoms with E-state index in [1.54, 1.807) is 25.3 Å². The van der Waals surface area contributed by atoms with Crippen LogP contribution in [-0.4, -0.2) is 113 Å². The van der Waals surface area contributed by atoms with Crippen molar-refractivity contribution in [2.75, 3.05) is 106 Å². The van der Waals surface area contributed by atoms with Crippen molar-refractivity contribution in [3.8, 4) is 11.5 Å². The number of aromatic hydroxyl groups is 1. The van der Waals surface area contributed by atoms with E-state index in [9.17, 15) is 14.7 Å². The van der Waals surface area contributed by atoms with E-state index >= 15 is 0 Å². The average molecular weight is 717 g/mol. The number of phenols is 1. The van der Waals surface area contributed by atoms with E-state index in [1.165, 1.54) is 24.2 Å². The summed E-state index contributed by atoms with van der Waals surface area (Å²) in [4.78, 5) is 39.1. The molecular weight excluding hydrogens is 665 g/mol. The molecule has 4 aromatic rings. The normalized spacial score (nSPS) is 18.4. The molecule has 10 heteroatoms. The summed E-state index contributed by atoms with van der Waals surface area (Å²) in [6, 6.07) is 27.5. The Morgan fingerprint density at radius 3 is 1.45 bits per heavy atom.